The molecule has 0 heterocycles. The molecule has 1 N–H and O–H groups in total. The normalized spacial score (nSPS) is 28.1. The molecule has 1 amide bonds. The summed E-state index contributed by atoms with van der Waals surface area (Å²) < 4.78 is 33.2. The molecule has 0 aliphatic heterocycles. The molecule has 0 unspecified atom stereocenters. The zero-order chi connectivity index (χ0) is 34.3. The molecular formula is C41H46FNO6. The Morgan fingerprint density at radius 3 is 2.43 bits per heavy atom. The van der Waals surface area contributed by atoms with E-state index in [0.717, 1.165) is 35.6 Å². The summed E-state index contributed by atoms with van der Waals surface area (Å²) in [6.45, 7) is 6.62. The van der Waals surface area contributed by atoms with Crippen LogP contribution in [0.2, 0.25) is 0 Å². The third-order valence-electron chi connectivity index (χ3n) is 11.7. The predicted octanol–water partition coefficient (Wildman–Crippen LogP) is 8.01. The maximum absolute atomic E-state index is 15.2. The maximum atomic E-state index is 15.2. The third-order valence-corrected chi connectivity index (χ3v) is 11.7. The fourth-order valence-corrected chi connectivity index (χ4v) is 8.27. The number of carbonyl (C=O) groups excluding carboxylic acids is 3. The fraction of sp³-hybridized carbons (Fsp3) is 0.488. The molecule has 4 atom stereocenters. The smallest absolute Gasteiger partial charge is 0.338 e. The molecule has 8 heteroatoms. The largest absolute Gasteiger partial charge is 0.487 e. The van der Waals surface area contributed by atoms with Gasteiger partial charge in [-0.3, -0.25) is 9.59 Å². The number of ether oxygens (including phenoxy) is 3. The molecule has 258 valence electrons. The molecule has 0 saturated heterocycles. The number of fused-ring (bicyclic) bond motifs is 3. The lowest BCUT2D eigenvalue weighted by atomic mass is 9.70. The zero-order valence-electron chi connectivity index (χ0n) is 28.6. The molecule has 7 nitrogen and oxygen atoms in total. The lowest BCUT2D eigenvalue weighted by Crippen LogP contribution is -2.46. The molecule has 4 aliphatic carbocycles. The minimum Gasteiger partial charge on any atom is -0.487 e. The molecular weight excluding hydrogens is 621 g/mol. The highest BCUT2D eigenvalue weighted by Crippen LogP contribution is 2.47. The number of rotatable bonds is 10. The lowest BCUT2D eigenvalue weighted by Gasteiger charge is -2.39. The molecule has 0 aromatic heterocycles. The molecule has 7 rings (SSSR count). The van der Waals surface area contributed by atoms with Gasteiger partial charge in [0, 0.05) is 12.5 Å². The van der Waals surface area contributed by atoms with E-state index >= 15 is 4.39 Å². The number of hydrogen-bond acceptors (Lipinski definition) is 6. The van der Waals surface area contributed by atoms with Crippen molar-refractivity contribution >= 4 is 28.6 Å². The highest BCUT2D eigenvalue weighted by molar-refractivity contribution is 5.92. The Bertz CT molecular complexity index is 1780. The summed E-state index contributed by atoms with van der Waals surface area (Å²) in [6.07, 6.45) is 9.57. The first-order valence-electron chi connectivity index (χ1n) is 17.8. The summed E-state index contributed by atoms with van der Waals surface area (Å²) in [5, 5.41) is 5.30. The van der Waals surface area contributed by atoms with E-state index in [1.165, 1.54) is 18.6 Å². The number of benzene rings is 3. The van der Waals surface area contributed by atoms with Crippen molar-refractivity contribution in [1.29, 1.82) is 0 Å². The van der Waals surface area contributed by atoms with Crippen LogP contribution >= 0.6 is 0 Å². The summed E-state index contributed by atoms with van der Waals surface area (Å²) in [5.41, 5.74) is 1.11. The van der Waals surface area contributed by atoms with Crippen molar-refractivity contribution < 1.29 is 33.0 Å². The number of carbonyl (C=O) groups is 3. The minimum atomic E-state index is -0.668. The monoisotopic (exact) mass is 667 g/mol. The average molecular weight is 668 g/mol. The minimum absolute atomic E-state index is 0.0134. The SMILES string of the molecule is Cc1cc(F)c(OC2CCC(C)(C(=O)OCc3cccc4ccccc34)CC2)cc1C(=O)O[C@H]1[C@@H](C(=O)NCC2(C)CCC2)[C@@H]2C=C[C@H]1C2. The summed E-state index contributed by atoms with van der Waals surface area (Å²) in [4.78, 5) is 40.2. The van der Waals surface area contributed by atoms with Crippen molar-refractivity contribution in [2.45, 2.75) is 91.0 Å². The average Bonchev–Trinajstić information content (AvgIpc) is 3.69. The van der Waals surface area contributed by atoms with Crippen molar-refractivity contribution in [3.63, 3.8) is 0 Å². The van der Waals surface area contributed by atoms with Crippen LogP contribution in [-0.2, 0) is 25.7 Å². The number of esters is 2. The third kappa shape index (κ3) is 6.71. The molecule has 4 aliphatic rings. The van der Waals surface area contributed by atoms with Gasteiger partial charge in [0.2, 0.25) is 5.91 Å². The second-order valence-electron chi connectivity index (χ2n) is 15.4. The van der Waals surface area contributed by atoms with E-state index in [2.05, 4.69) is 18.3 Å². The predicted molar refractivity (Wildman–Crippen MR) is 184 cm³/mol. The summed E-state index contributed by atoms with van der Waals surface area (Å²) in [5.74, 6) is -1.87. The van der Waals surface area contributed by atoms with Crippen LogP contribution in [0.4, 0.5) is 4.39 Å². The van der Waals surface area contributed by atoms with Gasteiger partial charge in [0.05, 0.1) is 23.0 Å². The van der Waals surface area contributed by atoms with E-state index in [1.807, 2.05) is 55.5 Å². The van der Waals surface area contributed by atoms with Crippen molar-refractivity contribution in [2.24, 2.45) is 28.6 Å². The highest BCUT2D eigenvalue weighted by Gasteiger charge is 2.51. The first-order chi connectivity index (χ1) is 23.5. The maximum Gasteiger partial charge on any atom is 0.338 e. The standard InChI is InChI=1S/C41H46FNO6/c1-25-20-33(42)34(22-32(25)38(45)49-36-28-13-12-27(21-28)35(36)37(44)43-24-40(2)16-7-17-40)48-30-14-18-41(3,19-15-30)39(46)47-23-29-10-6-9-26-8-4-5-11-31(26)29/h4-6,8-13,20,22,27-28,30,35-36H,7,14-19,21,23-24H2,1-3H3,(H,43,44)/t27-,28+,30?,35+,36-,41?/m1/s1. The van der Waals surface area contributed by atoms with Gasteiger partial charge in [-0.15, -0.1) is 0 Å². The molecule has 3 aromatic carbocycles. The summed E-state index contributed by atoms with van der Waals surface area (Å²) in [6, 6.07) is 16.7. The Hall–Kier alpha value is -4.20. The van der Waals surface area contributed by atoms with Gasteiger partial charge in [0.15, 0.2) is 11.6 Å². The van der Waals surface area contributed by atoms with Crippen molar-refractivity contribution in [1.82, 2.24) is 5.32 Å². The summed E-state index contributed by atoms with van der Waals surface area (Å²) in [7, 11) is 0. The molecule has 2 bridgehead atoms. The molecule has 49 heavy (non-hydrogen) atoms. The van der Waals surface area contributed by atoms with Crippen molar-refractivity contribution in [2.75, 3.05) is 6.54 Å². The number of amides is 1. The topological polar surface area (TPSA) is 90.9 Å². The summed E-state index contributed by atoms with van der Waals surface area (Å²) >= 11 is 0. The van der Waals surface area contributed by atoms with Gasteiger partial charge < -0.3 is 19.5 Å². The van der Waals surface area contributed by atoms with Crippen molar-refractivity contribution in [3.05, 3.63) is 89.3 Å². The van der Waals surface area contributed by atoms with E-state index in [9.17, 15) is 14.4 Å². The molecule has 0 radical (unpaired) electrons. The Morgan fingerprint density at radius 2 is 1.67 bits per heavy atom. The van der Waals surface area contributed by atoms with Crippen LogP contribution in [-0.4, -0.2) is 36.6 Å². The molecule has 0 spiro atoms. The quantitative estimate of drug-likeness (QED) is 0.174. The number of halogens is 1. The number of aryl methyl sites for hydroxylation is 1. The van der Waals surface area contributed by atoms with E-state index in [1.54, 1.807) is 6.92 Å². The molecule has 3 aromatic rings. The van der Waals surface area contributed by atoms with Gasteiger partial charge in [-0.2, -0.15) is 0 Å². The Morgan fingerprint density at radius 1 is 0.939 bits per heavy atom. The Balaban J connectivity index is 0.961. The fourth-order valence-electron chi connectivity index (χ4n) is 8.27. The van der Waals surface area contributed by atoms with Crippen molar-refractivity contribution in [3.8, 4) is 5.75 Å². The van der Waals surface area contributed by atoms with Crippen LogP contribution in [0.1, 0.15) is 86.7 Å². The Labute approximate surface area is 287 Å². The van der Waals surface area contributed by atoms with Crippen LogP contribution in [0, 0.1) is 41.3 Å². The van der Waals surface area contributed by atoms with Crippen LogP contribution in [0.3, 0.4) is 0 Å². The van der Waals surface area contributed by atoms with E-state index < -0.39 is 29.2 Å². The number of nitrogens with one attached hydrogen (secondary N) is 1. The van der Waals surface area contributed by atoms with Crippen LogP contribution in [0.25, 0.3) is 10.8 Å². The van der Waals surface area contributed by atoms with E-state index in [-0.39, 0.29) is 53.2 Å². The van der Waals surface area contributed by atoms with Gasteiger partial charge in [-0.1, -0.05) is 68.0 Å². The van der Waals surface area contributed by atoms with Crippen LogP contribution in [0.15, 0.2) is 66.7 Å². The molecule has 3 saturated carbocycles. The second-order valence-corrected chi connectivity index (χ2v) is 15.4. The zero-order valence-corrected chi connectivity index (χ0v) is 28.6. The van der Waals surface area contributed by atoms with Gasteiger partial charge in [0.1, 0.15) is 12.7 Å². The van der Waals surface area contributed by atoms with Gasteiger partial charge in [0.25, 0.3) is 0 Å². The lowest BCUT2D eigenvalue weighted by molar-refractivity contribution is -0.159. The van der Waals surface area contributed by atoms with E-state index in [0.29, 0.717) is 37.8 Å². The van der Waals surface area contributed by atoms with Gasteiger partial charge in [-0.25, -0.2) is 9.18 Å². The molecule has 3 fully saturated rings. The van der Waals surface area contributed by atoms with Crippen LogP contribution < -0.4 is 10.1 Å². The van der Waals surface area contributed by atoms with E-state index in [4.69, 9.17) is 14.2 Å². The number of hydrogen-bond donors (Lipinski definition) is 1. The second kappa shape index (κ2) is 13.3. The highest BCUT2D eigenvalue weighted by atomic mass is 19.1. The first-order valence-corrected chi connectivity index (χ1v) is 17.8. The van der Waals surface area contributed by atoms with Gasteiger partial charge >= 0.3 is 11.9 Å². The van der Waals surface area contributed by atoms with Crippen LogP contribution in [0.5, 0.6) is 5.75 Å². The first kappa shape index (κ1) is 33.3. The number of allylic oxidation sites excluding steroid dienone is 1. The Kier molecular flexibility index (Phi) is 9.01. The van der Waals surface area contributed by atoms with Gasteiger partial charge in [-0.05, 0) is 104 Å².